The van der Waals surface area contributed by atoms with Crippen molar-refractivity contribution >= 4 is 23.4 Å². The molecule has 0 saturated carbocycles. The number of nitro benzene ring substituents is 1. The molecule has 2 aromatic rings. The fraction of sp³-hybridized carbons (Fsp3) is 0.375. The zero-order valence-electron chi connectivity index (χ0n) is 18.3. The molecular weight excluding hydrogens is 410 g/mol. The number of hydrogen-bond acceptors (Lipinski definition) is 5. The number of carbonyl (C=O) groups excluding carboxylic acids is 3. The number of ketones is 1. The highest BCUT2D eigenvalue weighted by atomic mass is 16.6. The molecule has 2 aromatic carbocycles. The summed E-state index contributed by atoms with van der Waals surface area (Å²) in [5, 5.41) is 13.5. The maximum Gasteiger partial charge on any atom is 0.325 e. The number of carbonyl (C=O) groups is 3. The summed E-state index contributed by atoms with van der Waals surface area (Å²) in [6.45, 7) is 3.32. The lowest BCUT2D eigenvalue weighted by molar-refractivity contribution is -0.384. The van der Waals surface area contributed by atoms with Crippen molar-refractivity contribution in [2.24, 2.45) is 0 Å². The van der Waals surface area contributed by atoms with Crippen molar-refractivity contribution < 1.29 is 19.3 Å². The number of nitro groups is 1. The van der Waals surface area contributed by atoms with E-state index in [-0.39, 0.29) is 18.0 Å². The van der Waals surface area contributed by atoms with E-state index < -0.39 is 22.4 Å². The number of aryl methyl sites for hydroxylation is 1. The molecular formula is C24H27N3O5. The normalized spacial score (nSPS) is 18.0. The van der Waals surface area contributed by atoms with Crippen molar-refractivity contribution in [1.82, 2.24) is 10.2 Å². The van der Waals surface area contributed by atoms with Gasteiger partial charge in [0.1, 0.15) is 5.54 Å². The zero-order chi connectivity index (χ0) is 23.3. The van der Waals surface area contributed by atoms with Crippen LogP contribution in [0, 0.1) is 10.1 Å². The van der Waals surface area contributed by atoms with Crippen LogP contribution < -0.4 is 5.32 Å². The van der Waals surface area contributed by atoms with Gasteiger partial charge in [-0.2, -0.15) is 0 Å². The van der Waals surface area contributed by atoms with Gasteiger partial charge in [0.05, 0.1) is 11.5 Å². The van der Waals surface area contributed by atoms with E-state index in [0.29, 0.717) is 11.1 Å². The fourth-order valence-electron chi connectivity index (χ4n) is 3.80. The Bertz CT molecular complexity index is 1020. The molecule has 0 radical (unpaired) electrons. The molecule has 1 aliphatic heterocycles. The number of unbranched alkanes of at least 4 members (excludes halogenated alkanes) is 3. The van der Waals surface area contributed by atoms with Crippen LogP contribution in [-0.4, -0.2) is 34.1 Å². The third-order valence-corrected chi connectivity index (χ3v) is 5.83. The topological polar surface area (TPSA) is 110 Å². The molecule has 1 heterocycles. The predicted molar refractivity (Wildman–Crippen MR) is 119 cm³/mol. The molecule has 0 aromatic heterocycles. The summed E-state index contributed by atoms with van der Waals surface area (Å²) in [4.78, 5) is 49.4. The van der Waals surface area contributed by atoms with E-state index in [1.54, 1.807) is 12.1 Å². The first-order valence-corrected chi connectivity index (χ1v) is 10.8. The number of urea groups is 1. The molecule has 3 amide bonds. The minimum atomic E-state index is -1.39. The van der Waals surface area contributed by atoms with Gasteiger partial charge < -0.3 is 5.32 Å². The molecule has 8 nitrogen and oxygen atoms in total. The van der Waals surface area contributed by atoms with Crippen LogP contribution >= 0.6 is 0 Å². The van der Waals surface area contributed by atoms with Crippen molar-refractivity contribution in [1.29, 1.82) is 0 Å². The van der Waals surface area contributed by atoms with E-state index in [2.05, 4.69) is 12.2 Å². The van der Waals surface area contributed by atoms with Gasteiger partial charge in [0.25, 0.3) is 11.6 Å². The van der Waals surface area contributed by atoms with Crippen molar-refractivity contribution in [2.75, 3.05) is 6.54 Å². The number of rotatable bonds is 10. The highest BCUT2D eigenvalue weighted by molar-refractivity contribution is 6.11. The van der Waals surface area contributed by atoms with Crippen molar-refractivity contribution in [3.8, 4) is 0 Å². The van der Waals surface area contributed by atoms with Crippen LogP contribution in [0.15, 0.2) is 48.5 Å². The Balaban J connectivity index is 1.67. The molecule has 32 heavy (non-hydrogen) atoms. The molecule has 1 saturated heterocycles. The Labute approximate surface area is 186 Å². The fourth-order valence-corrected chi connectivity index (χ4v) is 3.80. The molecule has 1 N–H and O–H groups in total. The minimum absolute atomic E-state index is 0.116. The lowest BCUT2D eigenvalue weighted by Crippen LogP contribution is -2.41. The molecule has 1 fully saturated rings. The van der Waals surface area contributed by atoms with Crippen molar-refractivity contribution in [2.45, 2.75) is 51.5 Å². The van der Waals surface area contributed by atoms with E-state index in [0.717, 1.165) is 23.3 Å². The second-order valence-electron chi connectivity index (χ2n) is 8.18. The van der Waals surface area contributed by atoms with Crippen LogP contribution in [0.2, 0.25) is 0 Å². The highest BCUT2D eigenvalue weighted by Gasteiger charge is 2.49. The lowest BCUT2D eigenvalue weighted by Gasteiger charge is -2.22. The van der Waals surface area contributed by atoms with Gasteiger partial charge in [-0.25, -0.2) is 4.79 Å². The number of imide groups is 1. The summed E-state index contributed by atoms with van der Waals surface area (Å²) in [5.74, 6) is -0.906. The minimum Gasteiger partial charge on any atom is -0.319 e. The standard InChI is InChI=1S/C24H27N3O5/c1-3-4-5-6-7-17-8-10-18(11-9-17)21(28)16-26-22(29)24(2,25-23(26)30)19-12-14-20(15-13-19)27(31)32/h8-15H,3-7,16H2,1-2H3,(H,25,30). The molecule has 0 spiro atoms. The summed E-state index contributed by atoms with van der Waals surface area (Å²) in [6.07, 6.45) is 5.62. The van der Waals surface area contributed by atoms with Crippen molar-refractivity contribution in [3.05, 3.63) is 75.3 Å². The highest BCUT2D eigenvalue weighted by Crippen LogP contribution is 2.30. The molecule has 0 aliphatic carbocycles. The Morgan fingerprint density at radius 3 is 2.28 bits per heavy atom. The zero-order valence-corrected chi connectivity index (χ0v) is 18.3. The quantitative estimate of drug-likeness (QED) is 0.195. The molecule has 1 unspecified atom stereocenters. The predicted octanol–water partition coefficient (Wildman–Crippen LogP) is 4.37. The van der Waals surface area contributed by atoms with Crippen LogP contribution in [0.5, 0.6) is 0 Å². The summed E-state index contributed by atoms with van der Waals surface area (Å²) < 4.78 is 0. The average molecular weight is 437 g/mol. The van der Waals surface area contributed by atoms with Gasteiger partial charge in [-0.05, 0) is 43.0 Å². The van der Waals surface area contributed by atoms with E-state index in [9.17, 15) is 24.5 Å². The van der Waals surface area contributed by atoms with Crippen LogP contribution in [0.3, 0.4) is 0 Å². The maximum atomic E-state index is 13.0. The first-order valence-electron chi connectivity index (χ1n) is 10.8. The largest absolute Gasteiger partial charge is 0.325 e. The van der Waals surface area contributed by atoms with Crippen molar-refractivity contribution in [3.63, 3.8) is 0 Å². The third kappa shape index (κ3) is 4.85. The van der Waals surface area contributed by atoms with Gasteiger partial charge in [-0.1, -0.05) is 50.5 Å². The number of Topliss-reactive ketones (excluding diaryl/α,β-unsaturated/α-hetero) is 1. The first kappa shape index (κ1) is 23.1. The first-order chi connectivity index (χ1) is 15.3. The van der Waals surface area contributed by atoms with Gasteiger partial charge in [0.15, 0.2) is 5.78 Å². The van der Waals surface area contributed by atoms with Crippen LogP contribution in [0.4, 0.5) is 10.5 Å². The third-order valence-electron chi connectivity index (χ3n) is 5.83. The number of nitrogens with one attached hydrogen (secondary N) is 1. The van der Waals surface area contributed by atoms with E-state index in [4.69, 9.17) is 0 Å². The molecule has 8 heteroatoms. The summed E-state index contributed by atoms with van der Waals surface area (Å²) in [6, 6.07) is 12.0. The number of amides is 3. The summed E-state index contributed by atoms with van der Waals surface area (Å²) in [7, 11) is 0. The monoisotopic (exact) mass is 437 g/mol. The Hall–Kier alpha value is -3.55. The molecule has 1 aliphatic rings. The lowest BCUT2D eigenvalue weighted by atomic mass is 9.92. The van der Waals surface area contributed by atoms with Crippen LogP contribution in [0.25, 0.3) is 0 Å². The van der Waals surface area contributed by atoms with Gasteiger partial charge in [0.2, 0.25) is 0 Å². The second-order valence-corrected chi connectivity index (χ2v) is 8.18. The summed E-state index contributed by atoms with van der Waals surface area (Å²) in [5.41, 5.74) is 0.485. The Morgan fingerprint density at radius 1 is 1.03 bits per heavy atom. The average Bonchev–Trinajstić information content (AvgIpc) is 3.01. The van der Waals surface area contributed by atoms with Gasteiger partial charge in [0, 0.05) is 17.7 Å². The number of benzene rings is 2. The number of non-ortho nitro benzene ring substituents is 1. The van der Waals surface area contributed by atoms with E-state index in [1.807, 2.05) is 12.1 Å². The molecule has 0 bridgehead atoms. The molecule has 168 valence electrons. The Morgan fingerprint density at radius 2 is 1.69 bits per heavy atom. The Kier molecular flexibility index (Phi) is 7.02. The molecule has 1 atom stereocenters. The van der Waals surface area contributed by atoms with Gasteiger partial charge >= 0.3 is 6.03 Å². The maximum absolute atomic E-state index is 13.0. The van der Waals surface area contributed by atoms with Crippen LogP contribution in [-0.2, 0) is 16.8 Å². The van der Waals surface area contributed by atoms with E-state index in [1.165, 1.54) is 50.5 Å². The number of nitrogens with zero attached hydrogens (tertiary/aromatic N) is 2. The van der Waals surface area contributed by atoms with Crippen LogP contribution in [0.1, 0.15) is 61.0 Å². The second kappa shape index (κ2) is 9.72. The smallest absolute Gasteiger partial charge is 0.319 e. The SMILES string of the molecule is CCCCCCc1ccc(C(=O)CN2C(=O)NC(C)(c3ccc([N+](=O)[O-])cc3)C2=O)cc1. The molecule has 3 rings (SSSR count). The number of hydrogen-bond donors (Lipinski definition) is 1. The van der Waals surface area contributed by atoms with Gasteiger partial charge in [-0.15, -0.1) is 0 Å². The van der Waals surface area contributed by atoms with E-state index >= 15 is 0 Å². The van der Waals surface area contributed by atoms with Gasteiger partial charge in [-0.3, -0.25) is 24.6 Å². The summed E-state index contributed by atoms with van der Waals surface area (Å²) >= 11 is 0.